The van der Waals surface area contributed by atoms with E-state index in [9.17, 15) is 4.79 Å². The Morgan fingerprint density at radius 1 is 1.69 bits per heavy atom. The molecular weight excluding hydrogens is 206 g/mol. The van der Waals surface area contributed by atoms with Crippen molar-refractivity contribution in [1.29, 1.82) is 0 Å². The molecule has 0 bridgehead atoms. The summed E-state index contributed by atoms with van der Waals surface area (Å²) in [6.07, 6.45) is 6.36. The summed E-state index contributed by atoms with van der Waals surface area (Å²) in [4.78, 5) is 12.8. The molecule has 88 valence electrons. The third-order valence-corrected chi connectivity index (χ3v) is 3.09. The first kappa shape index (κ1) is 11.1. The Morgan fingerprint density at radius 3 is 3.12 bits per heavy atom. The number of aromatic nitrogens is 2. The highest BCUT2D eigenvalue weighted by Crippen LogP contribution is 2.31. The van der Waals surface area contributed by atoms with Crippen LogP contribution in [-0.2, 0) is 11.8 Å². The monoisotopic (exact) mass is 223 g/mol. The van der Waals surface area contributed by atoms with Crippen LogP contribution in [-0.4, -0.2) is 38.8 Å². The van der Waals surface area contributed by atoms with Crippen molar-refractivity contribution in [3.63, 3.8) is 0 Å². The van der Waals surface area contributed by atoms with Gasteiger partial charge in [0.15, 0.2) is 0 Å². The van der Waals surface area contributed by atoms with E-state index in [2.05, 4.69) is 10.00 Å². The van der Waals surface area contributed by atoms with Crippen molar-refractivity contribution >= 4 is 5.97 Å². The molecule has 1 aromatic rings. The average molecular weight is 223 g/mol. The van der Waals surface area contributed by atoms with Gasteiger partial charge in [-0.3, -0.25) is 14.4 Å². The number of hydrogen-bond acceptors (Lipinski definition) is 3. The molecular formula is C11H17N3O2. The highest BCUT2D eigenvalue weighted by Gasteiger charge is 2.26. The lowest BCUT2D eigenvalue weighted by Gasteiger charge is -2.22. The molecule has 16 heavy (non-hydrogen) atoms. The fourth-order valence-corrected chi connectivity index (χ4v) is 2.32. The van der Waals surface area contributed by atoms with Gasteiger partial charge in [-0.15, -0.1) is 0 Å². The number of likely N-dealkylation sites (tertiary alicyclic amines) is 1. The zero-order chi connectivity index (χ0) is 11.5. The first-order valence-electron chi connectivity index (χ1n) is 5.61. The molecule has 0 saturated carbocycles. The van der Waals surface area contributed by atoms with E-state index in [1.54, 1.807) is 4.68 Å². The zero-order valence-corrected chi connectivity index (χ0v) is 9.46. The van der Waals surface area contributed by atoms with Gasteiger partial charge in [0.1, 0.15) is 0 Å². The minimum atomic E-state index is -0.725. The second kappa shape index (κ2) is 4.65. The standard InChI is InChI=1S/C11H17N3O2/c1-13-8-9(7-12-13)10-3-2-5-14(10)6-4-11(15)16/h7-8,10H,2-6H2,1H3,(H,15,16). The Morgan fingerprint density at radius 2 is 2.50 bits per heavy atom. The molecule has 1 aliphatic rings. The Kier molecular flexibility index (Phi) is 3.24. The van der Waals surface area contributed by atoms with Crippen molar-refractivity contribution in [2.24, 2.45) is 7.05 Å². The van der Waals surface area contributed by atoms with Crippen LogP contribution in [0, 0.1) is 0 Å². The molecule has 2 rings (SSSR count). The molecule has 5 heteroatoms. The van der Waals surface area contributed by atoms with Crippen LogP contribution in [0.2, 0.25) is 0 Å². The number of hydrogen-bond donors (Lipinski definition) is 1. The van der Waals surface area contributed by atoms with Crippen molar-refractivity contribution in [1.82, 2.24) is 14.7 Å². The van der Waals surface area contributed by atoms with Crippen molar-refractivity contribution < 1.29 is 9.90 Å². The van der Waals surface area contributed by atoms with Gasteiger partial charge in [0.2, 0.25) is 0 Å². The molecule has 1 fully saturated rings. The molecule has 0 aromatic carbocycles. The van der Waals surface area contributed by atoms with E-state index in [0.717, 1.165) is 19.4 Å². The summed E-state index contributed by atoms with van der Waals surface area (Å²) in [6, 6.07) is 0.355. The summed E-state index contributed by atoms with van der Waals surface area (Å²) < 4.78 is 1.79. The zero-order valence-electron chi connectivity index (χ0n) is 9.46. The molecule has 5 nitrogen and oxygen atoms in total. The fraction of sp³-hybridized carbons (Fsp3) is 0.636. The molecule has 0 radical (unpaired) electrons. The van der Waals surface area contributed by atoms with Gasteiger partial charge in [0.25, 0.3) is 0 Å². The van der Waals surface area contributed by atoms with Crippen LogP contribution in [0.3, 0.4) is 0 Å². The highest BCUT2D eigenvalue weighted by atomic mass is 16.4. The predicted octanol–water partition coefficient (Wildman–Crippen LogP) is 1.03. The molecule has 1 atom stereocenters. The molecule has 0 spiro atoms. The highest BCUT2D eigenvalue weighted by molar-refractivity contribution is 5.66. The molecule has 1 unspecified atom stereocenters. The summed E-state index contributed by atoms with van der Waals surface area (Å²) in [6.45, 7) is 1.63. The Hall–Kier alpha value is -1.36. The van der Waals surface area contributed by atoms with E-state index in [0.29, 0.717) is 12.6 Å². The van der Waals surface area contributed by atoms with Crippen molar-refractivity contribution in [3.05, 3.63) is 18.0 Å². The number of carbonyl (C=O) groups is 1. The maximum Gasteiger partial charge on any atom is 0.304 e. The first-order valence-corrected chi connectivity index (χ1v) is 5.61. The van der Waals surface area contributed by atoms with Crippen molar-refractivity contribution in [3.8, 4) is 0 Å². The molecule has 2 heterocycles. The van der Waals surface area contributed by atoms with Gasteiger partial charge in [-0.05, 0) is 19.4 Å². The summed E-state index contributed by atoms with van der Waals surface area (Å²) in [5, 5.41) is 12.9. The van der Waals surface area contributed by atoms with Crippen LogP contribution in [0.4, 0.5) is 0 Å². The summed E-state index contributed by atoms with van der Waals surface area (Å²) in [5.74, 6) is -0.725. The van der Waals surface area contributed by atoms with E-state index in [-0.39, 0.29) is 6.42 Å². The fourth-order valence-electron chi connectivity index (χ4n) is 2.32. The molecule has 1 aliphatic heterocycles. The van der Waals surface area contributed by atoms with E-state index >= 15 is 0 Å². The second-order valence-corrected chi connectivity index (χ2v) is 4.29. The smallest absolute Gasteiger partial charge is 0.304 e. The lowest BCUT2D eigenvalue weighted by molar-refractivity contribution is -0.137. The van der Waals surface area contributed by atoms with Crippen LogP contribution in [0.1, 0.15) is 30.9 Å². The van der Waals surface area contributed by atoms with Gasteiger partial charge in [-0.25, -0.2) is 0 Å². The number of carboxylic acid groups (broad SMARTS) is 1. The first-order chi connectivity index (χ1) is 7.66. The van der Waals surface area contributed by atoms with E-state index < -0.39 is 5.97 Å². The van der Waals surface area contributed by atoms with Crippen molar-refractivity contribution in [2.75, 3.05) is 13.1 Å². The average Bonchev–Trinajstić information content (AvgIpc) is 2.82. The quantitative estimate of drug-likeness (QED) is 0.828. The number of rotatable bonds is 4. The Labute approximate surface area is 94.7 Å². The predicted molar refractivity (Wildman–Crippen MR) is 59.0 cm³/mol. The third kappa shape index (κ3) is 2.41. The van der Waals surface area contributed by atoms with Gasteiger partial charge in [-0.2, -0.15) is 5.10 Å². The normalized spacial score (nSPS) is 21.4. The number of aryl methyl sites for hydroxylation is 1. The Balaban J connectivity index is 2.00. The third-order valence-electron chi connectivity index (χ3n) is 3.09. The van der Waals surface area contributed by atoms with Crippen LogP contribution < -0.4 is 0 Å². The number of aliphatic carboxylic acids is 1. The summed E-state index contributed by atoms with van der Waals surface area (Å²) in [7, 11) is 1.90. The topological polar surface area (TPSA) is 58.4 Å². The molecule has 1 aromatic heterocycles. The van der Waals surface area contributed by atoms with E-state index in [4.69, 9.17) is 5.11 Å². The second-order valence-electron chi connectivity index (χ2n) is 4.29. The largest absolute Gasteiger partial charge is 0.481 e. The summed E-state index contributed by atoms with van der Waals surface area (Å²) >= 11 is 0. The number of carboxylic acids is 1. The molecule has 1 saturated heterocycles. The SMILES string of the molecule is Cn1cc(C2CCCN2CCC(=O)O)cn1. The number of nitrogens with zero attached hydrogens (tertiary/aromatic N) is 3. The van der Waals surface area contributed by atoms with Gasteiger partial charge >= 0.3 is 5.97 Å². The lowest BCUT2D eigenvalue weighted by atomic mass is 10.1. The van der Waals surface area contributed by atoms with Crippen LogP contribution in [0.5, 0.6) is 0 Å². The molecule has 1 N–H and O–H groups in total. The molecule has 0 amide bonds. The van der Waals surface area contributed by atoms with Crippen LogP contribution in [0.15, 0.2) is 12.4 Å². The minimum Gasteiger partial charge on any atom is -0.481 e. The van der Waals surface area contributed by atoms with Gasteiger partial charge in [0.05, 0.1) is 12.6 Å². The minimum absolute atomic E-state index is 0.219. The maximum atomic E-state index is 10.6. The van der Waals surface area contributed by atoms with E-state index in [1.807, 2.05) is 19.4 Å². The summed E-state index contributed by atoms with van der Waals surface area (Å²) in [5.41, 5.74) is 1.20. The lowest BCUT2D eigenvalue weighted by Crippen LogP contribution is -2.25. The van der Waals surface area contributed by atoms with Gasteiger partial charge in [-0.1, -0.05) is 0 Å². The van der Waals surface area contributed by atoms with Gasteiger partial charge in [0, 0.05) is 31.4 Å². The molecule has 0 aliphatic carbocycles. The maximum absolute atomic E-state index is 10.6. The Bertz CT molecular complexity index is 375. The van der Waals surface area contributed by atoms with Crippen LogP contribution >= 0.6 is 0 Å². The van der Waals surface area contributed by atoms with Crippen LogP contribution in [0.25, 0.3) is 0 Å². The van der Waals surface area contributed by atoms with Gasteiger partial charge < -0.3 is 5.11 Å². The van der Waals surface area contributed by atoms with Crippen molar-refractivity contribution in [2.45, 2.75) is 25.3 Å². The van der Waals surface area contributed by atoms with E-state index in [1.165, 1.54) is 5.56 Å².